The Kier molecular flexibility index (Phi) is 8.17. The van der Waals surface area contributed by atoms with Crippen LogP contribution in [0.1, 0.15) is 41.0 Å². The van der Waals surface area contributed by atoms with Crippen LogP contribution < -0.4 is 14.2 Å². The van der Waals surface area contributed by atoms with E-state index < -0.39 is 0 Å². The van der Waals surface area contributed by atoms with Crippen molar-refractivity contribution in [1.82, 2.24) is 0 Å². The molecule has 2 heterocycles. The lowest BCUT2D eigenvalue weighted by Crippen LogP contribution is -2.23. The first-order valence-corrected chi connectivity index (χ1v) is 13.2. The second-order valence-corrected chi connectivity index (χ2v) is 9.96. The number of carbonyl (C=O) groups is 1. The molecule has 0 saturated carbocycles. The molecule has 0 unspecified atom stereocenters. The molecule has 2 atom stereocenters. The SMILES string of the molecule is COC(=O)C[C@@H]1COc2cc(OCc3cccc(-c4c(C)cc(OC[C@@H]5CC=CCO5)c(F)c4C)c3)ccc21. The molecule has 3 aromatic rings. The van der Waals surface area contributed by atoms with E-state index in [-0.39, 0.29) is 36.0 Å². The second-order valence-electron chi connectivity index (χ2n) is 9.96. The van der Waals surface area contributed by atoms with Crippen molar-refractivity contribution in [3.05, 3.63) is 88.8 Å². The second kappa shape index (κ2) is 11.9. The highest BCUT2D eigenvalue weighted by Crippen LogP contribution is 2.39. The molecule has 0 N–H and O–H groups in total. The van der Waals surface area contributed by atoms with Crippen LogP contribution in [0.3, 0.4) is 0 Å². The number of hydrogen-bond donors (Lipinski definition) is 0. The zero-order chi connectivity index (χ0) is 27.4. The number of hydrogen-bond acceptors (Lipinski definition) is 6. The van der Waals surface area contributed by atoms with Crippen LogP contribution in [-0.2, 0) is 20.9 Å². The quantitative estimate of drug-likeness (QED) is 0.233. The molecule has 0 aliphatic carbocycles. The van der Waals surface area contributed by atoms with Gasteiger partial charge in [0.1, 0.15) is 24.7 Å². The number of aryl methyl sites for hydroxylation is 1. The first-order chi connectivity index (χ1) is 18.9. The molecular weight excluding hydrogens is 499 g/mol. The highest BCUT2D eigenvalue weighted by Gasteiger charge is 2.27. The number of benzene rings is 3. The summed E-state index contributed by atoms with van der Waals surface area (Å²) >= 11 is 0. The van der Waals surface area contributed by atoms with Gasteiger partial charge in [0, 0.05) is 17.5 Å². The highest BCUT2D eigenvalue weighted by atomic mass is 19.1. The Bertz CT molecular complexity index is 1380. The Hall–Kier alpha value is -3.84. The first kappa shape index (κ1) is 26.8. The summed E-state index contributed by atoms with van der Waals surface area (Å²) in [5, 5.41) is 0. The molecule has 2 aliphatic rings. The van der Waals surface area contributed by atoms with Crippen LogP contribution in [0.2, 0.25) is 0 Å². The highest BCUT2D eigenvalue weighted by molar-refractivity contribution is 5.73. The van der Waals surface area contributed by atoms with E-state index in [4.69, 9.17) is 23.7 Å². The predicted molar refractivity (Wildman–Crippen MR) is 146 cm³/mol. The van der Waals surface area contributed by atoms with Crippen molar-refractivity contribution in [1.29, 1.82) is 0 Å². The van der Waals surface area contributed by atoms with Crippen molar-refractivity contribution in [2.45, 2.75) is 45.3 Å². The Morgan fingerprint density at radius 3 is 2.74 bits per heavy atom. The van der Waals surface area contributed by atoms with Gasteiger partial charge >= 0.3 is 5.97 Å². The van der Waals surface area contributed by atoms with Crippen molar-refractivity contribution in [3.8, 4) is 28.4 Å². The van der Waals surface area contributed by atoms with Gasteiger partial charge in [0.15, 0.2) is 11.6 Å². The molecule has 204 valence electrons. The Labute approximate surface area is 228 Å². The van der Waals surface area contributed by atoms with Crippen molar-refractivity contribution in [2.24, 2.45) is 0 Å². The summed E-state index contributed by atoms with van der Waals surface area (Å²) in [4.78, 5) is 11.7. The molecule has 3 aromatic carbocycles. The maximum absolute atomic E-state index is 15.3. The Balaban J connectivity index is 1.27. The zero-order valence-corrected chi connectivity index (χ0v) is 22.5. The van der Waals surface area contributed by atoms with Gasteiger partial charge in [-0.3, -0.25) is 4.79 Å². The van der Waals surface area contributed by atoms with E-state index in [9.17, 15) is 4.79 Å². The minimum atomic E-state index is -0.354. The van der Waals surface area contributed by atoms with E-state index >= 15 is 4.39 Å². The zero-order valence-electron chi connectivity index (χ0n) is 22.5. The molecule has 39 heavy (non-hydrogen) atoms. The lowest BCUT2D eigenvalue weighted by atomic mass is 9.94. The third-order valence-electron chi connectivity index (χ3n) is 7.21. The minimum absolute atomic E-state index is 0.0143. The average Bonchev–Trinajstić information content (AvgIpc) is 3.35. The van der Waals surface area contributed by atoms with Gasteiger partial charge in [0.2, 0.25) is 0 Å². The lowest BCUT2D eigenvalue weighted by Gasteiger charge is -2.21. The summed E-state index contributed by atoms with van der Waals surface area (Å²) < 4.78 is 43.4. The van der Waals surface area contributed by atoms with Crippen molar-refractivity contribution in [2.75, 3.05) is 26.9 Å². The number of methoxy groups -OCH3 is 1. The van der Waals surface area contributed by atoms with Gasteiger partial charge in [-0.1, -0.05) is 36.4 Å². The number of halogens is 1. The lowest BCUT2D eigenvalue weighted by molar-refractivity contribution is -0.141. The van der Waals surface area contributed by atoms with Gasteiger partial charge in [0.25, 0.3) is 0 Å². The van der Waals surface area contributed by atoms with Crippen molar-refractivity contribution >= 4 is 5.97 Å². The van der Waals surface area contributed by atoms with Crippen molar-refractivity contribution in [3.63, 3.8) is 0 Å². The average molecular weight is 533 g/mol. The summed E-state index contributed by atoms with van der Waals surface area (Å²) in [5.41, 5.74) is 5.19. The molecule has 0 aromatic heterocycles. The third-order valence-corrected chi connectivity index (χ3v) is 7.21. The van der Waals surface area contributed by atoms with E-state index in [0.29, 0.717) is 37.7 Å². The number of fused-ring (bicyclic) bond motifs is 1. The fraction of sp³-hybridized carbons (Fsp3) is 0.344. The normalized spacial score (nSPS) is 17.8. The van der Waals surface area contributed by atoms with Crippen LogP contribution in [-0.4, -0.2) is 39.0 Å². The number of carbonyl (C=O) groups excluding carboxylic acids is 1. The summed E-state index contributed by atoms with van der Waals surface area (Å²) in [6, 6.07) is 15.4. The van der Waals surface area contributed by atoms with Crippen LogP contribution in [0.5, 0.6) is 17.2 Å². The molecule has 5 rings (SSSR count). The van der Waals surface area contributed by atoms with Gasteiger partial charge in [-0.25, -0.2) is 4.39 Å². The molecule has 0 saturated heterocycles. The van der Waals surface area contributed by atoms with Crippen LogP contribution in [0.4, 0.5) is 4.39 Å². The number of ether oxygens (including phenoxy) is 5. The van der Waals surface area contributed by atoms with Crippen LogP contribution >= 0.6 is 0 Å². The smallest absolute Gasteiger partial charge is 0.306 e. The molecule has 0 fully saturated rings. The van der Waals surface area contributed by atoms with E-state index in [1.165, 1.54) is 7.11 Å². The minimum Gasteiger partial charge on any atom is -0.492 e. The van der Waals surface area contributed by atoms with Gasteiger partial charge in [-0.05, 0) is 66.3 Å². The van der Waals surface area contributed by atoms with Gasteiger partial charge in [0.05, 0.1) is 32.8 Å². The van der Waals surface area contributed by atoms with Crippen LogP contribution in [0.15, 0.2) is 60.7 Å². The predicted octanol–water partition coefficient (Wildman–Crippen LogP) is 6.45. The molecule has 0 bridgehead atoms. The van der Waals surface area contributed by atoms with E-state index in [1.807, 2.05) is 55.5 Å². The molecule has 2 aliphatic heterocycles. The van der Waals surface area contributed by atoms with E-state index in [1.54, 1.807) is 13.0 Å². The van der Waals surface area contributed by atoms with Crippen molar-refractivity contribution < 1.29 is 32.9 Å². The molecule has 6 nitrogen and oxygen atoms in total. The largest absolute Gasteiger partial charge is 0.492 e. The number of esters is 1. The van der Waals surface area contributed by atoms with Crippen LogP contribution in [0.25, 0.3) is 11.1 Å². The topological polar surface area (TPSA) is 63.2 Å². The number of rotatable bonds is 9. The maximum Gasteiger partial charge on any atom is 0.306 e. The summed E-state index contributed by atoms with van der Waals surface area (Å²) in [6.45, 7) is 5.41. The van der Waals surface area contributed by atoms with E-state index in [2.05, 4.69) is 6.08 Å². The Morgan fingerprint density at radius 1 is 1.08 bits per heavy atom. The first-order valence-electron chi connectivity index (χ1n) is 13.2. The maximum atomic E-state index is 15.3. The van der Waals surface area contributed by atoms with Gasteiger partial charge in [-0.2, -0.15) is 0 Å². The standard InChI is InChI=1S/C32H33FO6/c1-20-13-29(39-19-26-9-4-5-12-36-26)32(33)21(2)31(20)23-8-6-7-22(14-23)17-37-25-10-11-27-24(15-30(34)35-3)18-38-28(27)16-25/h4-8,10-11,13-14,16,24,26H,9,12,15,17-19H2,1-3H3/t24-,26+/m1/s1. The molecule has 0 spiro atoms. The monoisotopic (exact) mass is 532 g/mol. The summed E-state index contributed by atoms with van der Waals surface area (Å²) in [6.07, 6.45) is 5.02. The summed E-state index contributed by atoms with van der Waals surface area (Å²) in [7, 11) is 1.39. The molecular formula is C32H33FO6. The molecule has 0 amide bonds. The fourth-order valence-corrected chi connectivity index (χ4v) is 5.13. The van der Waals surface area contributed by atoms with Gasteiger partial charge < -0.3 is 23.7 Å². The third kappa shape index (κ3) is 6.09. The fourth-order valence-electron chi connectivity index (χ4n) is 5.13. The van der Waals surface area contributed by atoms with E-state index in [0.717, 1.165) is 40.0 Å². The Morgan fingerprint density at radius 2 is 1.95 bits per heavy atom. The summed E-state index contributed by atoms with van der Waals surface area (Å²) in [5.74, 6) is 1.03. The van der Waals surface area contributed by atoms with Gasteiger partial charge in [-0.15, -0.1) is 0 Å². The molecule has 0 radical (unpaired) electrons. The molecule has 7 heteroatoms. The van der Waals surface area contributed by atoms with Crippen LogP contribution in [0, 0.1) is 19.7 Å².